The van der Waals surface area contributed by atoms with Crippen LogP contribution < -0.4 is 5.73 Å². The molecular weight excluding hydrogens is 166 g/mol. The highest BCUT2D eigenvalue weighted by Crippen LogP contribution is 2.18. The molecule has 0 amide bonds. The van der Waals surface area contributed by atoms with Gasteiger partial charge in [-0.2, -0.15) is 0 Å². The minimum atomic E-state index is 0.408. The summed E-state index contributed by atoms with van der Waals surface area (Å²) >= 11 is 0. The highest BCUT2D eigenvalue weighted by molar-refractivity contribution is 4.70. The van der Waals surface area contributed by atoms with Crippen molar-refractivity contribution in [1.82, 2.24) is 0 Å². The highest BCUT2D eigenvalue weighted by Gasteiger charge is 2.21. The second-order valence-corrected chi connectivity index (χ2v) is 3.56. The maximum absolute atomic E-state index is 5.70. The first-order valence-electron chi connectivity index (χ1n) is 5.30. The summed E-state index contributed by atoms with van der Waals surface area (Å²) in [6.07, 6.45) is 4.98. The van der Waals surface area contributed by atoms with Gasteiger partial charge < -0.3 is 15.2 Å². The van der Waals surface area contributed by atoms with Crippen molar-refractivity contribution in [2.75, 3.05) is 19.8 Å². The highest BCUT2D eigenvalue weighted by atomic mass is 16.5. The van der Waals surface area contributed by atoms with Crippen molar-refractivity contribution < 1.29 is 9.47 Å². The van der Waals surface area contributed by atoms with Gasteiger partial charge in [-0.25, -0.2) is 0 Å². The summed E-state index contributed by atoms with van der Waals surface area (Å²) in [4.78, 5) is 0. The summed E-state index contributed by atoms with van der Waals surface area (Å²) in [6, 6.07) is 0. The fourth-order valence-corrected chi connectivity index (χ4v) is 1.61. The zero-order valence-corrected chi connectivity index (χ0v) is 8.50. The summed E-state index contributed by atoms with van der Waals surface area (Å²) in [5.74, 6) is 0. The molecular formula is C10H21NO2. The maximum Gasteiger partial charge on any atom is 0.0621 e. The van der Waals surface area contributed by atoms with Gasteiger partial charge in [-0.15, -0.1) is 0 Å². The van der Waals surface area contributed by atoms with Crippen molar-refractivity contribution >= 4 is 0 Å². The zero-order chi connectivity index (χ0) is 9.52. The molecule has 1 fully saturated rings. The van der Waals surface area contributed by atoms with Crippen LogP contribution >= 0.6 is 0 Å². The first kappa shape index (κ1) is 11.0. The van der Waals surface area contributed by atoms with E-state index in [2.05, 4.69) is 6.92 Å². The summed E-state index contributed by atoms with van der Waals surface area (Å²) in [6.45, 7) is 4.54. The van der Waals surface area contributed by atoms with Gasteiger partial charge in [-0.3, -0.25) is 0 Å². The predicted octanol–water partition coefficient (Wildman–Crippen LogP) is 1.31. The molecule has 1 heterocycles. The molecule has 0 aromatic rings. The minimum absolute atomic E-state index is 0.408. The Kier molecular flexibility index (Phi) is 5.35. The lowest BCUT2D eigenvalue weighted by Gasteiger charge is -2.28. The van der Waals surface area contributed by atoms with E-state index >= 15 is 0 Å². The second kappa shape index (κ2) is 6.35. The van der Waals surface area contributed by atoms with Crippen molar-refractivity contribution in [2.45, 2.75) is 44.8 Å². The Morgan fingerprint density at radius 2 is 2.38 bits per heavy atom. The fraction of sp³-hybridized carbons (Fsp3) is 1.00. The Labute approximate surface area is 80.6 Å². The van der Waals surface area contributed by atoms with Crippen LogP contribution in [0.5, 0.6) is 0 Å². The van der Waals surface area contributed by atoms with E-state index in [1.807, 2.05) is 0 Å². The van der Waals surface area contributed by atoms with Crippen molar-refractivity contribution in [3.05, 3.63) is 0 Å². The molecule has 2 atom stereocenters. The van der Waals surface area contributed by atoms with Crippen LogP contribution in [-0.4, -0.2) is 32.0 Å². The van der Waals surface area contributed by atoms with Crippen molar-refractivity contribution in [3.63, 3.8) is 0 Å². The molecule has 78 valence electrons. The smallest absolute Gasteiger partial charge is 0.0621 e. The largest absolute Gasteiger partial charge is 0.378 e. The molecule has 0 spiro atoms. The van der Waals surface area contributed by atoms with Gasteiger partial charge in [0.1, 0.15) is 0 Å². The number of hydrogen-bond donors (Lipinski definition) is 1. The molecule has 1 aliphatic rings. The Bertz CT molecular complexity index is 130. The molecule has 13 heavy (non-hydrogen) atoms. The Hall–Kier alpha value is -0.120. The van der Waals surface area contributed by atoms with E-state index in [1.54, 1.807) is 0 Å². The Morgan fingerprint density at radius 1 is 1.54 bits per heavy atom. The third-order valence-electron chi connectivity index (χ3n) is 2.48. The van der Waals surface area contributed by atoms with Crippen LogP contribution in [0.3, 0.4) is 0 Å². The van der Waals surface area contributed by atoms with Crippen molar-refractivity contribution in [1.29, 1.82) is 0 Å². The van der Waals surface area contributed by atoms with E-state index < -0.39 is 0 Å². The molecule has 1 saturated heterocycles. The Balaban J connectivity index is 2.11. The van der Waals surface area contributed by atoms with Crippen LogP contribution in [0.2, 0.25) is 0 Å². The van der Waals surface area contributed by atoms with Crippen LogP contribution in [0, 0.1) is 0 Å². The van der Waals surface area contributed by atoms with Crippen LogP contribution in [0.1, 0.15) is 32.6 Å². The molecule has 0 radical (unpaired) electrons. The average molecular weight is 187 g/mol. The standard InChI is InChI=1S/C10H21NO2/c1-2-9-8-10(4-7-13-9)12-6-3-5-11/h9-10H,2-8,11H2,1H3. The third-order valence-corrected chi connectivity index (χ3v) is 2.48. The quantitative estimate of drug-likeness (QED) is 0.660. The second-order valence-electron chi connectivity index (χ2n) is 3.56. The first-order chi connectivity index (χ1) is 6.36. The monoisotopic (exact) mass is 187 g/mol. The van der Waals surface area contributed by atoms with Crippen LogP contribution in [-0.2, 0) is 9.47 Å². The van der Waals surface area contributed by atoms with Gasteiger partial charge in [0.05, 0.1) is 12.2 Å². The molecule has 0 aromatic carbocycles. The van der Waals surface area contributed by atoms with E-state index in [0.717, 1.165) is 45.4 Å². The van der Waals surface area contributed by atoms with Crippen molar-refractivity contribution in [3.8, 4) is 0 Å². The van der Waals surface area contributed by atoms with E-state index in [0.29, 0.717) is 12.2 Å². The molecule has 0 aliphatic carbocycles. The number of ether oxygens (including phenoxy) is 2. The number of rotatable bonds is 5. The van der Waals surface area contributed by atoms with Crippen LogP contribution in [0.15, 0.2) is 0 Å². The van der Waals surface area contributed by atoms with Crippen LogP contribution in [0.25, 0.3) is 0 Å². The molecule has 3 heteroatoms. The van der Waals surface area contributed by atoms with Gasteiger partial charge in [-0.05, 0) is 32.2 Å². The van der Waals surface area contributed by atoms with E-state index in [9.17, 15) is 0 Å². The number of nitrogens with two attached hydrogens (primary N) is 1. The summed E-state index contributed by atoms with van der Waals surface area (Å²) in [5, 5.41) is 0. The van der Waals surface area contributed by atoms with E-state index in [1.165, 1.54) is 0 Å². The molecule has 0 bridgehead atoms. The van der Waals surface area contributed by atoms with Gasteiger partial charge in [0.25, 0.3) is 0 Å². The van der Waals surface area contributed by atoms with Gasteiger partial charge in [0.2, 0.25) is 0 Å². The SMILES string of the molecule is CCC1CC(OCCCN)CCO1. The van der Waals surface area contributed by atoms with Gasteiger partial charge >= 0.3 is 0 Å². The molecule has 1 rings (SSSR count). The lowest BCUT2D eigenvalue weighted by atomic mass is 10.0. The number of hydrogen-bond acceptors (Lipinski definition) is 3. The zero-order valence-electron chi connectivity index (χ0n) is 8.50. The summed E-state index contributed by atoms with van der Waals surface area (Å²) in [7, 11) is 0. The minimum Gasteiger partial charge on any atom is -0.378 e. The van der Waals surface area contributed by atoms with E-state index in [-0.39, 0.29) is 0 Å². The lowest BCUT2D eigenvalue weighted by molar-refractivity contribution is -0.0731. The lowest BCUT2D eigenvalue weighted by Crippen LogP contribution is -2.30. The van der Waals surface area contributed by atoms with Crippen LogP contribution in [0.4, 0.5) is 0 Å². The van der Waals surface area contributed by atoms with E-state index in [4.69, 9.17) is 15.2 Å². The van der Waals surface area contributed by atoms with Gasteiger partial charge in [0, 0.05) is 13.2 Å². The fourth-order valence-electron chi connectivity index (χ4n) is 1.61. The maximum atomic E-state index is 5.70. The normalized spacial score (nSPS) is 29.1. The average Bonchev–Trinajstić information content (AvgIpc) is 2.19. The molecule has 1 aliphatic heterocycles. The molecule has 0 saturated carbocycles. The van der Waals surface area contributed by atoms with Crippen molar-refractivity contribution in [2.24, 2.45) is 5.73 Å². The van der Waals surface area contributed by atoms with Gasteiger partial charge in [-0.1, -0.05) is 6.92 Å². The topological polar surface area (TPSA) is 44.5 Å². The summed E-state index contributed by atoms with van der Waals surface area (Å²) in [5.41, 5.74) is 5.39. The first-order valence-corrected chi connectivity index (χ1v) is 5.30. The third kappa shape index (κ3) is 4.07. The molecule has 0 aromatic heterocycles. The Morgan fingerprint density at radius 3 is 3.08 bits per heavy atom. The summed E-state index contributed by atoms with van der Waals surface area (Å²) < 4.78 is 11.3. The molecule has 2 N–H and O–H groups in total. The molecule has 2 unspecified atom stereocenters. The molecule has 3 nitrogen and oxygen atoms in total. The van der Waals surface area contributed by atoms with Gasteiger partial charge in [0.15, 0.2) is 0 Å². The predicted molar refractivity (Wildman–Crippen MR) is 52.7 cm³/mol.